The SMILES string of the molecule is COc1ccc(S(=O)(=O)CCC(=O)N(CCCN2CCOCC2)c2nc3c(OC)ccc(Cl)c3s2)cc1. The van der Waals surface area contributed by atoms with Crippen LogP contribution in [0.5, 0.6) is 11.5 Å². The summed E-state index contributed by atoms with van der Waals surface area (Å²) in [5, 5.41) is 0.984. The minimum atomic E-state index is -3.66. The van der Waals surface area contributed by atoms with Crippen LogP contribution in [-0.4, -0.2) is 83.6 Å². The van der Waals surface area contributed by atoms with Gasteiger partial charge in [0.2, 0.25) is 5.91 Å². The Morgan fingerprint density at radius 1 is 1.14 bits per heavy atom. The van der Waals surface area contributed by atoms with Crippen molar-refractivity contribution in [3.63, 3.8) is 0 Å². The summed E-state index contributed by atoms with van der Waals surface area (Å²) in [6.07, 6.45) is 0.532. The molecule has 0 spiro atoms. The third-order valence-electron chi connectivity index (χ3n) is 6.16. The molecule has 9 nitrogen and oxygen atoms in total. The smallest absolute Gasteiger partial charge is 0.229 e. The van der Waals surface area contributed by atoms with Gasteiger partial charge in [-0.1, -0.05) is 22.9 Å². The summed E-state index contributed by atoms with van der Waals surface area (Å²) in [6.45, 7) is 4.29. The van der Waals surface area contributed by atoms with Crippen LogP contribution in [0.3, 0.4) is 0 Å². The second-order valence-corrected chi connectivity index (χ2v) is 12.0. The van der Waals surface area contributed by atoms with E-state index in [-0.39, 0.29) is 23.0 Å². The van der Waals surface area contributed by atoms with Gasteiger partial charge in [0.1, 0.15) is 17.0 Å². The number of ether oxygens (including phenoxy) is 3. The molecule has 1 aliphatic rings. The first-order valence-electron chi connectivity index (χ1n) is 11.9. The molecule has 200 valence electrons. The molecule has 1 aliphatic heterocycles. The predicted octanol–water partition coefficient (Wildman–Crippen LogP) is 3.89. The Labute approximate surface area is 225 Å². The van der Waals surface area contributed by atoms with Crippen molar-refractivity contribution in [2.45, 2.75) is 17.7 Å². The summed E-state index contributed by atoms with van der Waals surface area (Å²) in [7, 11) is -0.592. The number of morpholine rings is 1. The first-order valence-corrected chi connectivity index (χ1v) is 14.8. The van der Waals surface area contributed by atoms with Gasteiger partial charge in [0.25, 0.3) is 0 Å². The topological polar surface area (TPSA) is 98.3 Å². The van der Waals surface area contributed by atoms with E-state index in [4.69, 9.17) is 25.8 Å². The van der Waals surface area contributed by atoms with Crippen LogP contribution in [0.4, 0.5) is 5.13 Å². The van der Waals surface area contributed by atoms with E-state index in [0.717, 1.165) is 19.6 Å². The van der Waals surface area contributed by atoms with Gasteiger partial charge in [0.05, 0.1) is 47.8 Å². The van der Waals surface area contributed by atoms with Crippen molar-refractivity contribution in [2.24, 2.45) is 0 Å². The molecule has 2 heterocycles. The van der Waals surface area contributed by atoms with E-state index < -0.39 is 9.84 Å². The maximum Gasteiger partial charge on any atom is 0.229 e. The van der Waals surface area contributed by atoms with Crippen LogP contribution in [0, 0.1) is 0 Å². The monoisotopic (exact) mass is 567 g/mol. The maximum absolute atomic E-state index is 13.4. The van der Waals surface area contributed by atoms with E-state index in [9.17, 15) is 13.2 Å². The molecular formula is C25H30ClN3O6S2. The maximum atomic E-state index is 13.4. The molecule has 0 saturated carbocycles. The number of nitrogens with zero attached hydrogens (tertiary/aromatic N) is 3. The van der Waals surface area contributed by atoms with Crippen LogP contribution in [0.2, 0.25) is 5.02 Å². The van der Waals surface area contributed by atoms with Gasteiger partial charge in [0, 0.05) is 32.6 Å². The predicted molar refractivity (Wildman–Crippen MR) is 145 cm³/mol. The van der Waals surface area contributed by atoms with Gasteiger partial charge in [-0.2, -0.15) is 0 Å². The van der Waals surface area contributed by atoms with Gasteiger partial charge in [-0.05, 0) is 42.8 Å². The average molecular weight is 568 g/mol. The summed E-state index contributed by atoms with van der Waals surface area (Å²) in [5.74, 6) is 0.497. The Morgan fingerprint density at radius 3 is 2.54 bits per heavy atom. The van der Waals surface area contributed by atoms with E-state index in [1.807, 2.05) is 0 Å². The molecular weight excluding hydrogens is 538 g/mol. The number of amides is 1. The highest BCUT2D eigenvalue weighted by Crippen LogP contribution is 2.39. The molecule has 0 radical (unpaired) electrons. The van der Waals surface area contributed by atoms with Gasteiger partial charge in [-0.3, -0.25) is 14.6 Å². The lowest BCUT2D eigenvalue weighted by Gasteiger charge is -2.27. The number of carbonyl (C=O) groups excluding carboxylic acids is 1. The molecule has 0 aliphatic carbocycles. The van der Waals surface area contributed by atoms with Crippen molar-refractivity contribution in [2.75, 3.05) is 64.3 Å². The number of thiazole rings is 1. The normalized spacial score (nSPS) is 14.6. The Hall–Kier alpha value is -2.44. The molecule has 4 rings (SSSR count). The van der Waals surface area contributed by atoms with Gasteiger partial charge in [0.15, 0.2) is 15.0 Å². The highest BCUT2D eigenvalue weighted by atomic mass is 35.5. The van der Waals surface area contributed by atoms with Crippen molar-refractivity contribution in [3.8, 4) is 11.5 Å². The molecule has 2 aromatic carbocycles. The zero-order chi connectivity index (χ0) is 26.4. The summed E-state index contributed by atoms with van der Waals surface area (Å²) in [5.41, 5.74) is 0.576. The average Bonchev–Trinajstić information content (AvgIpc) is 3.37. The molecule has 0 bridgehead atoms. The number of fused-ring (bicyclic) bond motifs is 1. The third-order valence-corrected chi connectivity index (χ3v) is 9.43. The number of hydrogen-bond acceptors (Lipinski definition) is 9. The molecule has 1 aromatic heterocycles. The largest absolute Gasteiger partial charge is 0.497 e. The van der Waals surface area contributed by atoms with Gasteiger partial charge < -0.3 is 14.2 Å². The summed E-state index contributed by atoms with van der Waals surface area (Å²) < 4.78 is 42.5. The molecule has 1 amide bonds. The molecule has 1 saturated heterocycles. The second-order valence-electron chi connectivity index (χ2n) is 8.52. The number of aromatic nitrogens is 1. The summed E-state index contributed by atoms with van der Waals surface area (Å²) >= 11 is 7.70. The number of methoxy groups -OCH3 is 2. The van der Waals surface area contributed by atoms with Crippen LogP contribution in [-0.2, 0) is 19.4 Å². The fourth-order valence-corrected chi connectivity index (χ4v) is 6.61. The van der Waals surface area contributed by atoms with Gasteiger partial charge >= 0.3 is 0 Å². The van der Waals surface area contributed by atoms with Crippen LogP contribution in [0.1, 0.15) is 12.8 Å². The third kappa shape index (κ3) is 6.71. The lowest BCUT2D eigenvalue weighted by molar-refractivity contribution is -0.118. The number of hydrogen-bond donors (Lipinski definition) is 0. The number of anilines is 1. The molecule has 0 N–H and O–H groups in total. The quantitative estimate of drug-likeness (QED) is 0.344. The Kier molecular flexibility index (Phi) is 9.25. The first kappa shape index (κ1) is 27.6. The van der Waals surface area contributed by atoms with E-state index >= 15 is 0 Å². The highest BCUT2D eigenvalue weighted by molar-refractivity contribution is 7.91. The van der Waals surface area contributed by atoms with E-state index in [1.54, 1.807) is 36.3 Å². The summed E-state index contributed by atoms with van der Waals surface area (Å²) in [6, 6.07) is 9.62. The minimum Gasteiger partial charge on any atom is -0.497 e. The van der Waals surface area contributed by atoms with E-state index in [2.05, 4.69) is 9.88 Å². The van der Waals surface area contributed by atoms with Crippen LogP contribution in [0.25, 0.3) is 10.2 Å². The fraction of sp³-hybridized carbons (Fsp3) is 0.440. The Bertz CT molecular complexity index is 1320. The lowest BCUT2D eigenvalue weighted by atomic mass is 10.3. The van der Waals surface area contributed by atoms with Crippen molar-refractivity contribution in [3.05, 3.63) is 41.4 Å². The Morgan fingerprint density at radius 2 is 1.86 bits per heavy atom. The summed E-state index contributed by atoms with van der Waals surface area (Å²) in [4.78, 5) is 22.1. The zero-order valence-electron chi connectivity index (χ0n) is 20.8. The van der Waals surface area contributed by atoms with Crippen molar-refractivity contribution in [1.29, 1.82) is 0 Å². The second kappa shape index (κ2) is 12.4. The van der Waals surface area contributed by atoms with Crippen molar-refractivity contribution < 1.29 is 27.4 Å². The number of rotatable bonds is 11. The van der Waals surface area contributed by atoms with Crippen molar-refractivity contribution >= 4 is 54.0 Å². The molecule has 1 fully saturated rings. The standard InChI is InChI=1S/C25H30ClN3O6S2/c1-33-18-4-6-19(7-5-18)37(31,32)17-10-22(30)29(12-3-11-28-13-15-35-16-14-28)25-27-23-21(34-2)9-8-20(26)24(23)36-25/h4-9H,3,10-17H2,1-2H3. The number of sulfone groups is 1. The highest BCUT2D eigenvalue weighted by Gasteiger charge is 2.25. The minimum absolute atomic E-state index is 0.150. The number of benzene rings is 2. The van der Waals surface area contributed by atoms with E-state index in [1.165, 1.54) is 30.6 Å². The van der Waals surface area contributed by atoms with Gasteiger partial charge in [-0.25, -0.2) is 13.4 Å². The molecule has 37 heavy (non-hydrogen) atoms. The molecule has 0 atom stereocenters. The van der Waals surface area contributed by atoms with Crippen molar-refractivity contribution in [1.82, 2.24) is 9.88 Å². The number of halogens is 1. The zero-order valence-corrected chi connectivity index (χ0v) is 23.2. The first-order chi connectivity index (χ1) is 17.8. The lowest BCUT2D eigenvalue weighted by Crippen LogP contribution is -2.39. The van der Waals surface area contributed by atoms with Crippen LogP contribution >= 0.6 is 22.9 Å². The van der Waals surface area contributed by atoms with E-state index in [0.29, 0.717) is 58.0 Å². The van der Waals surface area contributed by atoms with Gasteiger partial charge in [-0.15, -0.1) is 0 Å². The van der Waals surface area contributed by atoms with Crippen LogP contribution < -0.4 is 14.4 Å². The molecule has 0 unspecified atom stereocenters. The number of carbonyl (C=O) groups is 1. The molecule has 12 heteroatoms. The van der Waals surface area contributed by atoms with Crippen LogP contribution in [0.15, 0.2) is 41.3 Å². The fourth-order valence-electron chi connectivity index (χ4n) is 4.08. The molecule has 3 aromatic rings. The Balaban J connectivity index is 1.53.